The highest BCUT2D eigenvalue weighted by Crippen LogP contribution is 2.27. The molecule has 1 unspecified atom stereocenters. The summed E-state index contributed by atoms with van der Waals surface area (Å²) in [5, 5.41) is 3.80. The molecule has 1 aromatic carbocycles. The maximum atomic E-state index is 12.3. The second-order valence-corrected chi connectivity index (χ2v) is 5.44. The van der Waals surface area contributed by atoms with E-state index in [0.717, 1.165) is 24.1 Å². The van der Waals surface area contributed by atoms with Crippen LogP contribution in [-0.4, -0.2) is 36.5 Å². The van der Waals surface area contributed by atoms with Crippen molar-refractivity contribution in [2.75, 3.05) is 19.6 Å². The number of nitrogens with one attached hydrogen (secondary N) is 1. The number of hydrogen-bond acceptors (Lipinski definition) is 2. The van der Waals surface area contributed by atoms with Gasteiger partial charge in [-0.25, -0.2) is 0 Å². The van der Waals surface area contributed by atoms with Crippen LogP contribution in [0.4, 0.5) is 0 Å². The lowest BCUT2D eigenvalue weighted by molar-refractivity contribution is 0.0709. The summed E-state index contributed by atoms with van der Waals surface area (Å²) < 4.78 is 0.758. The van der Waals surface area contributed by atoms with Crippen molar-refractivity contribution in [1.29, 1.82) is 0 Å². The van der Waals surface area contributed by atoms with E-state index in [1.165, 1.54) is 0 Å². The number of halogens is 2. The smallest absolute Gasteiger partial charge is 0.255 e. The first-order valence-corrected chi connectivity index (χ1v) is 6.73. The van der Waals surface area contributed by atoms with Gasteiger partial charge in [0.1, 0.15) is 0 Å². The van der Waals surface area contributed by atoms with Gasteiger partial charge in [0.15, 0.2) is 0 Å². The highest BCUT2D eigenvalue weighted by molar-refractivity contribution is 9.10. The molecule has 3 nitrogen and oxygen atoms in total. The predicted molar refractivity (Wildman–Crippen MR) is 72.5 cm³/mol. The first-order valence-electron chi connectivity index (χ1n) is 5.56. The monoisotopic (exact) mass is 316 g/mol. The van der Waals surface area contributed by atoms with Crippen LogP contribution in [0.15, 0.2) is 22.7 Å². The lowest BCUT2D eigenvalue weighted by Gasteiger charge is -2.32. The summed E-state index contributed by atoms with van der Waals surface area (Å²) >= 11 is 9.47. The molecule has 0 spiro atoms. The molecule has 1 atom stereocenters. The summed E-state index contributed by atoms with van der Waals surface area (Å²) in [4.78, 5) is 14.2. The van der Waals surface area contributed by atoms with Crippen molar-refractivity contribution in [1.82, 2.24) is 10.2 Å². The molecule has 1 saturated heterocycles. The Labute approximate surface area is 114 Å². The standard InChI is InChI=1S/C12H14BrClN2O/c1-8-7-16(6-5-15-8)12(17)9-3-2-4-10(13)11(9)14/h2-4,8,15H,5-7H2,1H3. The van der Waals surface area contributed by atoms with E-state index < -0.39 is 0 Å². The fraction of sp³-hybridized carbons (Fsp3) is 0.417. The van der Waals surface area contributed by atoms with E-state index in [2.05, 4.69) is 28.2 Å². The maximum absolute atomic E-state index is 12.3. The second-order valence-electron chi connectivity index (χ2n) is 4.21. The molecule has 1 fully saturated rings. The van der Waals surface area contributed by atoms with Gasteiger partial charge >= 0.3 is 0 Å². The van der Waals surface area contributed by atoms with Gasteiger partial charge in [-0.1, -0.05) is 17.7 Å². The van der Waals surface area contributed by atoms with Crippen molar-refractivity contribution < 1.29 is 4.79 Å². The Balaban J connectivity index is 2.22. The molecule has 1 aromatic rings. The Morgan fingerprint density at radius 2 is 2.35 bits per heavy atom. The summed E-state index contributed by atoms with van der Waals surface area (Å²) in [6.07, 6.45) is 0. The van der Waals surface area contributed by atoms with Crippen LogP contribution in [0.3, 0.4) is 0 Å². The summed E-state index contributed by atoms with van der Waals surface area (Å²) in [5.74, 6) is 0.00431. The van der Waals surface area contributed by atoms with Gasteiger partial charge in [0.05, 0.1) is 10.6 Å². The highest BCUT2D eigenvalue weighted by Gasteiger charge is 2.23. The molecule has 1 N–H and O–H groups in total. The summed E-state index contributed by atoms with van der Waals surface area (Å²) in [7, 11) is 0. The Hall–Kier alpha value is -0.580. The molecule has 1 heterocycles. The first kappa shape index (κ1) is 12.9. The Kier molecular flexibility index (Phi) is 4.07. The lowest BCUT2D eigenvalue weighted by atomic mass is 10.1. The molecular formula is C12H14BrClN2O. The molecule has 1 amide bonds. The van der Waals surface area contributed by atoms with E-state index in [9.17, 15) is 4.79 Å². The minimum Gasteiger partial charge on any atom is -0.336 e. The van der Waals surface area contributed by atoms with Crippen LogP contribution in [0.2, 0.25) is 5.02 Å². The number of benzene rings is 1. The first-order chi connectivity index (χ1) is 8.09. The van der Waals surface area contributed by atoms with Crippen molar-refractivity contribution in [3.05, 3.63) is 33.3 Å². The SMILES string of the molecule is CC1CN(C(=O)c2cccc(Br)c2Cl)CCN1. The topological polar surface area (TPSA) is 32.3 Å². The summed E-state index contributed by atoms with van der Waals surface area (Å²) in [6, 6.07) is 5.76. The summed E-state index contributed by atoms with van der Waals surface area (Å²) in [5.41, 5.74) is 0.565. The fourth-order valence-electron chi connectivity index (χ4n) is 1.96. The molecule has 0 bridgehead atoms. The second kappa shape index (κ2) is 5.38. The van der Waals surface area contributed by atoms with E-state index >= 15 is 0 Å². The van der Waals surface area contributed by atoms with Gasteiger partial charge in [0.25, 0.3) is 5.91 Å². The molecular weight excluding hydrogens is 304 g/mol. The normalized spacial score (nSPS) is 20.4. The third kappa shape index (κ3) is 2.81. The van der Waals surface area contributed by atoms with Crippen LogP contribution < -0.4 is 5.32 Å². The van der Waals surface area contributed by atoms with Crippen molar-refractivity contribution in [3.63, 3.8) is 0 Å². The van der Waals surface area contributed by atoms with Crippen LogP contribution in [-0.2, 0) is 0 Å². The van der Waals surface area contributed by atoms with Crippen molar-refractivity contribution in [3.8, 4) is 0 Å². The third-order valence-electron chi connectivity index (χ3n) is 2.84. The van der Waals surface area contributed by atoms with Crippen molar-refractivity contribution >= 4 is 33.4 Å². The lowest BCUT2D eigenvalue weighted by Crippen LogP contribution is -2.51. The van der Waals surface area contributed by atoms with Gasteiger partial charge in [0, 0.05) is 30.1 Å². The van der Waals surface area contributed by atoms with Crippen LogP contribution in [0.1, 0.15) is 17.3 Å². The number of hydrogen-bond donors (Lipinski definition) is 1. The zero-order valence-electron chi connectivity index (χ0n) is 9.54. The summed E-state index contributed by atoms with van der Waals surface area (Å²) in [6.45, 7) is 4.36. The van der Waals surface area contributed by atoms with Gasteiger partial charge in [-0.05, 0) is 35.0 Å². The van der Waals surface area contributed by atoms with Gasteiger partial charge in [-0.15, -0.1) is 0 Å². The van der Waals surface area contributed by atoms with Crippen LogP contribution in [0, 0.1) is 0 Å². The fourth-order valence-corrected chi connectivity index (χ4v) is 2.53. The number of rotatable bonds is 1. The molecule has 0 aromatic heterocycles. The maximum Gasteiger partial charge on any atom is 0.255 e. The van der Waals surface area contributed by atoms with Gasteiger partial charge < -0.3 is 10.2 Å². The average Bonchev–Trinajstić information content (AvgIpc) is 2.32. The molecule has 1 aliphatic heterocycles. The molecule has 0 aliphatic carbocycles. The number of nitrogens with zero attached hydrogens (tertiary/aromatic N) is 1. The number of amides is 1. The minimum absolute atomic E-state index is 0.00431. The van der Waals surface area contributed by atoms with E-state index in [1.807, 2.05) is 17.0 Å². The van der Waals surface area contributed by atoms with E-state index in [0.29, 0.717) is 16.6 Å². The average molecular weight is 318 g/mol. The molecule has 17 heavy (non-hydrogen) atoms. The van der Waals surface area contributed by atoms with Crippen molar-refractivity contribution in [2.45, 2.75) is 13.0 Å². The quantitative estimate of drug-likeness (QED) is 0.863. The predicted octanol–water partition coefficient (Wildman–Crippen LogP) is 2.54. The Morgan fingerprint density at radius 1 is 1.59 bits per heavy atom. The van der Waals surface area contributed by atoms with E-state index in [4.69, 9.17) is 11.6 Å². The van der Waals surface area contributed by atoms with Crippen molar-refractivity contribution in [2.24, 2.45) is 0 Å². The van der Waals surface area contributed by atoms with Gasteiger partial charge in [-0.3, -0.25) is 4.79 Å². The Bertz CT molecular complexity index is 439. The van der Waals surface area contributed by atoms with Gasteiger partial charge in [0.2, 0.25) is 0 Å². The minimum atomic E-state index is 0.00431. The molecule has 1 aliphatic rings. The van der Waals surface area contributed by atoms with Crippen LogP contribution >= 0.6 is 27.5 Å². The third-order valence-corrected chi connectivity index (χ3v) is 4.13. The van der Waals surface area contributed by atoms with Crippen LogP contribution in [0.25, 0.3) is 0 Å². The zero-order chi connectivity index (χ0) is 12.4. The largest absolute Gasteiger partial charge is 0.336 e. The molecule has 5 heteroatoms. The van der Waals surface area contributed by atoms with Gasteiger partial charge in [-0.2, -0.15) is 0 Å². The molecule has 2 rings (SSSR count). The highest BCUT2D eigenvalue weighted by atomic mass is 79.9. The van der Waals surface area contributed by atoms with E-state index in [1.54, 1.807) is 6.07 Å². The molecule has 92 valence electrons. The number of carbonyl (C=O) groups is 1. The molecule has 0 saturated carbocycles. The number of piperazine rings is 1. The zero-order valence-corrected chi connectivity index (χ0v) is 11.9. The Morgan fingerprint density at radius 3 is 3.06 bits per heavy atom. The van der Waals surface area contributed by atoms with Crippen LogP contribution in [0.5, 0.6) is 0 Å². The number of carbonyl (C=O) groups excluding carboxylic acids is 1. The molecule has 0 radical (unpaired) electrons. The van der Waals surface area contributed by atoms with E-state index in [-0.39, 0.29) is 5.91 Å².